The second-order valence-corrected chi connectivity index (χ2v) is 5.03. The number of rotatable bonds is 5. The molecule has 92 valence electrons. The molecule has 0 aliphatic carbocycles. The molecule has 0 spiro atoms. The van der Waals surface area contributed by atoms with Crippen molar-refractivity contribution in [2.24, 2.45) is 0 Å². The highest BCUT2D eigenvalue weighted by Gasteiger charge is 2.12. The van der Waals surface area contributed by atoms with Crippen molar-refractivity contribution in [3.8, 4) is 10.8 Å². The molecule has 3 nitrogen and oxygen atoms in total. The van der Waals surface area contributed by atoms with Gasteiger partial charge in [0.25, 0.3) is 0 Å². The van der Waals surface area contributed by atoms with Gasteiger partial charge in [-0.25, -0.2) is 4.98 Å². The Labute approximate surface area is 106 Å². The summed E-state index contributed by atoms with van der Waals surface area (Å²) in [5.41, 5.74) is 0. The van der Waals surface area contributed by atoms with Gasteiger partial charge < -0.3 is 9.73 Å². The smallest absolute Gasteiger partial charge is 0.162 e. The minimum absolute atomic E-state index is 0.354. The van der Waals surface area contributed by atoms with Gasteiger partial charge in [0, 0.05) is 23.5 Å². The number of aromatic nitrogens is 1. The summed E-state index contributed by atoms with van der Waals surface area (Å²) < 4.78 is 5.70. The van der Waals surface area contributed by atoms with E-state index in [1.165, 1.54) is 4.88 Å². The third-order valence-electron chi connectivity index (χ3n) is 2.68. The average Bonchev–Trinajstić information content (AvgIpc) is 2.98. The Morgan fingerprint density at radius 1 is 1.41 bits per heavy atom. The molecule has 1 unspecified atom stereocenters. The maximum absolute atomic E-state index is 5.70. The van der Waals surface area contributed by atoms with Crippen LogP contribution in [0.4, 0.5) is 0 Å². The van der Waals surface area contributed by atoms with E-state index in [-0.39, 0.29) is 0 Å². The molecule has 0 bridgehead atoms. The number of thiazole rings is 1. The molecule has 0 amide bonds. The fourth-order valence-electron chi connectivity index (χ4n) is 1.69. The molecule has 0 aliphatic heterocycles. The van der Waals surface area contributed by atoms with Crippen molar-refractivity contribution in [2.45, 2.75) is 33.2 Å². The van der Waals surface area contributed by atoms with Crippen LogP contribution in [0, 0.1) is 0 Å². The molecule has 0 saturated carbocycles. The van der Waals surface area contributed by atoms with Crippen molar-refractivity contribution >= 4 is 11.3 Å². The number of hydrogen-bond acceptors (Lipinski definition) is 4. The van der Waals surface area contributed by atoms with Crippen LogP contribution in [0.15, 0.2) is 22.7 Å². The van der Waals surface area contributed by atoms with E-state index in [4.69, 9.17) is 4.42 Å². The fraction of sp³-hybridized carbons (Fsp3) is 0.462. The van der Waals surface area contributed by atoms with E-state index in [0.717, 1.165) is 29.5 Å². The normalized spacial score (nSPS) is 12.9. The Morgan fingerprint density at radius 2 is 2.24 bits per heavy atom. The third kappa shape index (κ3) is 2.76. The quantitative estimate of drug-likeness (QED) is 0.880. The van der Waals surface area contributed by atoms with Crippen molar-refractivity contribution in [1.29, 1.82) is 0 Å². The highest BCUT2D eigenvalue weighted by molar-refractivity contribution is 7.15. The molecular formula is C13H18N2OS. The van der Waals surface area contributed by atoms with Crippen molar-refractivity contribution < 1.29 is 4.42 Å². The summed E-state index contributed by atoms with van der Waals surface area (Å²) in [5.74, 6) is 1.89. The first-order chi connectivity index (χ1) is 8.24. The molecule has 2 aromatic heterocycles. The zero-order chi connectivity index (χ0) is 12.3. The Hall–Kier alpha value is -1.13. The van der Waals surface area contributed by atoms with E-state index in [1.807, 2.05) is 18.3 Å². The van der Waals surface area contributed by atoms with Gasteiger partial charge in [0.05, 0.1) is 0 Å². The van der Waals surface area contributed by atoms with Crippen LogP contribution in [0.5, 0.6) is 0 Å². The molecule has 1 atom stereocenters. The fourth-order valence-corrected chi connectivity index (χ4v) is 2.59. The lowest BCUT2D eigenvalue weighted by Crippen LogP contribution is -2.16. The number of aryl methyl sites for hydroxylation is 1. The highest BCUT2D eigenvalue weighted by Crippen LogP contribution is 2.29. The van der Waals surface area contributed by atoms with Gasteiger partial charge in [0.1, 0.15) is 5.76 Å². The summed E-state index contributed by atoms with van der Waals surface area (Å²) in [6.45, 7) is 7.32. The molecule has 4 heteroatoms. The summed E-state index contributed by atoms with van der Waals surface area (Å²) in [6.07, 6.45) is 2.85. The predicted octanol–water partition coefficient (Wildman–Crippen LogP) is 3.64. The lowest BCUT2D eigenvalue weighted by atomic mass is 10.3. The number of nitrogens with zero attached hydrogens (tertiary/aromatic N) is 1. The first kappa shape index (κ1) is 12.3. The van der Waals surface area contributed by atoms with Crippen molar-refractivity contribution in [3.63, 3.8) is 0 Å². The molecule has 1 N–H and O–H groups in total. The lowest BCUT2D eigenvalue weighted by Gasteiger charge is -2.07. The van der Waals surface area contributed by atoms with Gasteiger partial charge in [-0.05, 0) is 25.6 Å². The molecule has 2 aromatic rings. The van der Waals surface area contributed by atoms with Crippen LogP contribution in [0.1, 0.15) is 37.5 Å². The molecule has 0 radical (unpaired) electrons. The SMILES string of the molecule is CCNC(C)c1cnc(-c2ccc(CC)o2)s1. The molecule has 2 heterocycles. The number of nitrogens with one attached hydrogen (secondary N) is 1. The second-order valence-electron chi connectivity index (χ2n) is 3.97. The second kappa shape index (κ2) is 5.47. The van der Waals surface area contributed by atoms with Crippen LogP contribution in [0.3, 0.4) is 0 Å². The highest BCUT2D eigenvalue weighted by atomic mass is 32.1. The first-order valence-electron chi connectivity index (χ1n) is 6.02. The Morgan fingerprint density at radius 3 is 2.88 bits per heavy atom. The first-order valence-corrected chi connectivity index (χ1v) is 6.84. The molecule has 0 fully saturated rings. The van der Waals surface area contributed by atoms with Crippen LogP contribution < -0.4 is 5.32 Å². The monoisotopic (exact) mass is 250 g/mol. The zero-order valence-corrected chi connectivity index (χ0v) is 11.3. The van der Waals surface area contributed by atoms with E-state index >= 15 is 0 Å². The lowest BCUT2D eigenvalue weighted by molar-refractivity contribution is 0.529. The molecule has 17 heavy (non-hydrogen) atoms. The topological polar surface area (TPSA) is 38.1 Å². The van der Waals surface area contributed by atoms with Crippen molar-refractivity contribution in [2.75, 3.05) is 6.54 Å². The van der Waals surface area contributed by atoms with E-state index in [0.29, 0.717) is 6.04 Å². The summed E-state index contributed by atoms with van der Waals surface area (Å²) in [6, 6.07) is 4.37. The van der Waals surface area contributed by atoms with E-state index in [2.05, 4.69) is 31.1 Å². The van der Waals surface area contributed by atoms with Crippen LogP contribution in [0.25, 0.3) is 10.8 Å². The average molecular weight is 250 g/mol. The molecule has 0 aromatic carbocycles. The van der Waals surface area contributed by atoms with Crippen LogP contribution in [-0.2, 0) is 6.42 Å². The van der Waals surface area contributed by atoms with Gasteiger partial charge in [-0.2, -0.15) is 0 Å². The zero-order valence-electron chi connectivity index (χ0n) is 10.5. The van der Waals surface area contributed by atoms with E-state index in [1.54, 1.807) is 11.3 Å². The maximum atomic E-state index is 5.70. The summed E-state index contributed by atoms with van der Waals surface area (Å²) >= 11 is 1.69. The largest absolute Gasteiger partial charge is 0.459 e. The Balaban J connectivity index is 2.17. The van der Waals surface area contributed by atoms with Gasteiger partial charge in [0.2, 0.25) is 0 Å². The summed E-state index contributed by atoms with van der Waals surface area (Å²) in [4.78, 5) is 5.67. The van der Waals surface area contributed by atoms with Crippen molar-refractivity contribution in [1.82, 2.24) is 10.3 Å². The minimum atomic E-state index is 0.354. The standard InChI is InChI=1S/C13H18N2OS/c1-4-10-6-7-11(16-10)13-15-8-12(17-13)9(3)14-5-2/h6-9,14H,4-5H2,1-3H3. The molecule has 0 saturated heterocycles. The third-order valence-corrected chi connectivity index (χ3v) is 3.88. The van der Waals surface area contributed by atoms with Crippen LogP contribution in [0.2, 0.25) is 0 Å². The van der Waals surface area contributed by atoms with Gasteiger partial charge in [-0.15, -0.1) is 11.3 Å². The van der Waals surface area contributed by atoms with Crippen molar-refractivity contribution in [3.05, 3.63) is 29.0 Å². The number of furan rings is 1. The number of hydrogen-bond donors (Lipinski definition) is 1. The molecule has 2 rings (SSSR count). The van der Waals surface area contributed by atoms with Crippen LogP contribution in [-0.4, -0.2) is 11.5 Å². The van der Waals surface area contributed by atoms with E-state index in [9.17, 15) is 0 Å². The Kier molecular flexibility index (Phi) is 3.97. The van der Waals surface area contributed by atoms with Gasteiger partial charge in [-0.1, -0.05) is 13.8 Å². The predicted molar refractivity (Wildman–Crippen MR) is 71.3 cm³/mol. The van der Waals surface area contributed by atoms with Crippen LogP contribution >= 0.6 is 11.3 Å². The summed E-state index contributed by atoms with van der Waals surface area (Å²) in [5, 5.41) is 4.35. The van der Waals surface area contributed by atoms with Gasteiger partial charge >= 0.3 is 0 Å². The van der Waals surface area contributed by atoms with E-state index < -0.39 is 0 Å². The Bertz CT molecular complexity index is 475. The molecule has 0 aliphatic rings. The minimum Gasteiger partial charge on any atom is -0.459 e. The maximum Gasteiger partial charge on any atom is 0.162 e. The van der Waals surface area contributed by atoms with Gasteiger partial charge in [-0.3, -0.25) is 0 Å². The van der Waals surface area contributed by atoms with Gasteiger partial charge in [0.15, 0.2) is 10.8 Å². The summed E-state index contributed by atoms with van der Waals surface area (Å²) in [7, 11) is 0. The molecular weight excluding hydrogens is 232 g/mol.